The summed E-state index contributed by atoms with van der Waals surface area (Å²) in [5, 5.41) is 8.68. The van der Waals surface area contributed by atoms with Crippen molar-refractivity contribution in [3.05, 3.63) is 33.8 Å². The van der Waals surface area contributed by atoms with Crippen LogP contribution in [0.5, 0.6) is 0 Å². The summed E-state index contributed by atoms with van der Waals surface area (Å²) in [6.07, 6.45) is 0. The zero-order chi connectivity index (χ0) is 14.1. The van der Waals surface area contributed by atoms with Gasteiger partial charge >= 0.3 is 0 Å². The molecule has 0 radical (unpaired) electrons. The number of nitrogen functional groups attached to an aromatic ring is 1. The van der Waals surface area contributed by atoms with E-state index in [1.54, 1.807) is 22.7 Å². The number of hydrogen-bond donors (Lipinski definition) is 2. The molecule has 0 amide bonds. The van der Waals surface area contributed by atoms with Crippen LogP contribution < -0.4 is 11.1 Å². The van der Waals surface area contributed by atoms with E-state index in [0.717, 1.165) is 16.0 Å². The average Bonchev–Trinajstić information content (AvgIpc) is 3.05. The van der Waals surface area contributed by atoms with Gasteiger partial charge in [-0.2, -0.15) is 4.98 Å². The smallest absolute Gasteiger partial charge is 0.223 e. The Morgan fingerprint density at radius 3 is 2.70 bits per heavy atom. The van der Waals surface area contributed by atoms with Gasteiger partial charge in [0.05, 0.1) is 11.4 Å². The highest BCUT2D eigenvalue weighted by Crippen LogP contribution is 2.33. The van der Waals surface area contributed by atoms with Gasteiger partial charge in [0.25, 0.3) is 0 Å². The first-order valence-electron chi connectivity index (χ1n) is 6.46. The van der Waals surface area contributed by atoms with Gasteiger partial charge in [-0.1, -0.05) is 19.9 Å². The number of nitrogens with one attached hydrogen (secondary N) is 1. The van der Waals surface area contributed by atoms with Crippen molar-refractivity contribution in [1.82, 2.24) is 9.97 Å². The summed E-state index contributed by atoms with van der Waals surface area (Å²) in [4.78, 5) is 10.9. The lowest BCUT2D eigenvalue weighted by Crippen LogP contribution is -2.17. The lowest BCUT2D eigenvalue weighted by atomic mass is 10.0. The van der Waals surface area contributed by atoms with Crippen molar-refractivity contribution in [3.8, 4) is 0 Å². The molecule has 0 aliphatic rings. The van der Waals surface area contributed by atoms with Gasteiger partial charge in [0.15, 0.2) is 0 Å². The molecule has 3 N–H and O–H groups in total. The van der Waals surface area contributed by atoms with Gasteiger partial charge in [0.1, 0.15) is 10.6 Å². The number of nitrogens with zero attached hydrogens (tertiary/aromatic N) is 2. The largest absolute Gasteiger partial charge is 0.368 e. The van der Waals surface area contributed by atoms with Gasteiger partial charge in [0, 0.05) is 4.88 Å². The summed E-state index contributed by atoms with van der Waals surface area (Å²) in [5.74, 6) is 1.59. The fourth-order valence-corrected chi connectivity index (χ4v) is 3.88. The molecule has 3 aromatic heterocycles. The molecule has 1 atom stereocenters. The first-order chi connectivity index (χ1) is 9.65. The van der Waals surface area contributed by atoms with Gasteiger partial charge in [-0.3, -0.25) is 0 Å². The van der Waals surface area contributed by atoms with Crippen LogP contribution in [-0.2, 0) is 0 Å². The Kier molecular flexibility index (Phi) is 3.58. The number of thiophene rings is 2. The van der Waals surface area contributed by atoms with Crippen molar-refractivity contribution in [2.24, 2.45) is 5.92 Å². The number of nitrogens with two attached hydrogens (primary N) is 1. The summed E-state index contributed by atoms with van der Waals surface area (Å²) >= 11 is 3.34. The highest BCUT2D eigenvalue weighted by Gasteiger charge is 2.19. The maximum absolute atomic E-state index is 5.80. The molecule has 0 fully saturated rings. The summed E-state index contributed by atoms with van der Waals surface area (Å²) in [6.45, 7) is 4.40. The number of rotatable bonds is 4. The molecule has 0 saturated heterocycles. The van der Waals surface area contributed by atoms with Crippen LogP contribution in [0.2, 0.25) is 0 Å². The van der Waals surface area contributed by atoms with Crippen LogP contribution in [-0.4, -0.2) is 9.97 Å². The van der Waals surface area contributed by atoms with E-state index < -0.39 is 0 Å². The minimum atomic E-state index is 0.229. The fourth-order valence-electron chi connectivity index (χ4n) is 2.16. The lowest BCUT2D eigenvalue weighted by molar-refractivity contribution is 0.552. The topological polar surface area (TPSA) is 63.8 Å². The molecule has 3 heterocycles. The first kappa shape index (κ1) is 13.3. The van der Waals surface area contributed by atoms with Crippen molar-refractivity contribution in [1.29, 1.82) is 0 Å². The van der Waals surface area contributed by atoms with Crippen LogP contribution in [0.1, 0.15) is 24.8 Å². The van der Waals surface area contributed by atoms with Crippen LogP contribution in [0.3, 0.4) is 0 Å². The molecule has 1 unspecified atom stereocenters. The Balaban J connectivity index is 2.00. The van der Waals surface area contributed by atoms with E-state index in [9.17, 15) is 0 Å². The maximum atomic E-state index is 5.80. The molecule has 3 rings (SSSR count). The summed E-state index contributed by atoms with van der Waals surface area (Å²) in [5.41, 5.74) is 5.80. The van der Waals surface area contributed by atoms with E-state index in [1.165, 1.54) is 4.88 Å². The molecule has 3 aromatic rings. The molecule has 104 valence electrons. The van der Waals surface area contributed by atoms with Gasteiger partial charge in [-0.15, -0.1) is 22.7 Å². The second kappa shape index (κ2) is 5.38. The molecule has 0 aliphatic heterocycles. The summed E-state index contributed by atoms with van der Waals surface area (Å²) in [6, 6.07) is 6.49. The highest BCUT2D eigenvalue weighted by atomic mass is 32.1. The Morgan fingerprint density at radius 2 is 2.00 bits per heavy atom. The van der Waals surface area contributed by atoms with E-state index in [2.05, 4.69) is 46.6 Å². The zero-order valence-corrected chi connectivity index (χ0v) is 13.0. The molecule has 0 aliphatic carbocycles. The van der Waals surface area contributed by atoms with Crippen LogP contribution in [0.15, 0.2) is 29.0 Å². The number of hydrogen-bond acceptors (Lipinski definition) is 6. The molecule has 4 nitrogen and oxygen atoms in total. The SMILES string of the molecule is CC(C)C(Nc1nc(N)nc2sccc12)c1cccs1. The molecule has 0 saturated carbocycles. The molecular formula is C14H16N4S2. The molecule has 0 spiro atoms. The fraction of sp³-hybridized carbons (Fsp3) is 0.286. The summed E-state index contributed by atoms with van der Waals surface area (Å²) < 4.78 is 0. The molecule has 20 heavy (non-hydrogen) atoms. The van der Waals surface area contributed by atoms with Gasteiger partial charge in [0.2, 0.25) is 5.95 Å². The monoisotopic (exact) mass is 304 g/mol. The number of anilines is 2. The van der Waals surface area contributed by atoms with Crippen molar-refractivity contribution < 1.29 is 0 Å². The third kappa shape index (κ3) is 2.48. The van der Waals surface area contributed by atoms with Crippen LogP contribution in [0.4, 0.5) is 11.8 Å². The maximum Gasteiger partial charge on any atom is 0.223 e. The molecule has 6 heteroatoms. The number of fused-ring (bicyclic) bond motifs is 1. The molecule has 0 bridgehead atoms. The van der Waals surface area contributed by atoms with E-state index in [1.807, 2.05) is 11.4 Å². The first-order valence-corrected chi connectivity index (χ1v) is 8.21. The van der Waals surface area contributed by atoms with Crippen molar-refractivity contribution in [2.75, 3.05) is 11.1 Å². The van der Waals surface area contributed by atoms with Crippen LogP contribution in [0.25, 0.3) is 10.2 Å². The Morgan fingerprint density at radius 1 is 1.15 bits per heavy atom. The summed E-state index contributed by atoms with van der Waals surface area (Å²) in [7, 11) is 0. The second-order valence-corrected chi connectivity index (χ2v) is 6.83. The van der Waals surface area contributed by atoms with Gasteiger partial charge in [-0.05, 0) is 28.8 Å². The third-order valence-corrected chi connectivity index (χ3v) is 4.91. The highest BCUT2D eigenvalue weighted by molar-refractivity contribution is 7.16. The second-order valence-electron chi connectivity index (χ2n) is 4.95. The minimum absolute atomic E-state index is 0.229. The predicted octanol–water partition coefficient (Wildman–Crippen LogP) is 4.14. The quantitative estimate of drug-likeness (QED) is 0.760. The van der Waals surface area contributed by atoms with Gasteiger partial charge < -0.3 is 11.1 Å². The lowest BCUT2D eigenvalue weighted by Gasteiger charge is -2.22. The predicted molar refractivity (Wildman–Crippen MR) is 87.3 cm³/mol. The van der Waals surface area contributed by atoms with E-state index in [0.29, 0.717) is 11.9 Å². The Labute approximate surface area is 125 Å². The zero-order valence-electron chi connectivity index (χ0n) is 11.3. The molecule has 0 aromatic carbocycles. The standard InChI is InChI=1S/C14H16N4S2/c1-8(2)11(10-4-3-6-19-10)16-12-9-5-7-20-13(9)18-14(15)17-12/h3-8,11H,1-2H3,(H3,15,16,17,18). The van der Waals surface area contributed by atoms with Crippen molar-refractivity contribution >= 4 is 44.7 Å². The number of aromatic nitrogens is 2. The van der Waals surface area contributed by atoms with Crippen molar-refractivity contribution in [3.63, 3.8) is 0 Å². The Hall–Kier alpha value is -1.66. The minimum Gasteiger partial charge on any atom is -0.368 e. The third-order valence-electron chi connectivity index (χ3n) is 3.15. The average molecular weight is 304 g/mol. The molecular weight excluding hydrogens is 288 g/mol. The van der Waals surface area contributed by atoms with Crippen LogP contribution >= 0.6 is 22.7 Å². The Bertz CT molecular complexity index is 703. The normalized spacial score (nSPS) is 12.9. The van der Waals surface area contributed by atoms with E-state index in [-0.39, 0.29) is 6.04 Å². The van der Waals surface area contributed by atoms with E-state index >= 15 is 0 Å². The van der Waals surface area contributed by atoms with E-state index in [4.69, 9.17) is 5.73 Å². The van der Waals surface area contributed by atoms with Gasteiger partial charge in [-0.25, -0.2) is 4.98 Å². The van der Waals surface area contributed by atoms with Crippen LogP contribution in [0, 0.1) is 5.92 Å². The van der Waals surface area contributed by atoms with Crippen molar-refractivity contribution in [2.45, 2.75) is 19.9 Å².